The summed E-state index contributed by atoms with van der Waals surface area (Å²) >= 11 is 6.38. The van der Waals surface area contributed by atoms with Crippen LogP contribution in [0.2, 0.25) is 5.02 Å². The molecule has 0 saturated heterocycles. The zero-order valence-corrected chi connectivity index (χ0v) is 10.9. The molecule has 0 amide bonds. The van der Waals surface area contributed by atoms with Crippen LogP contribution in [0.25, 0.3) is 0 Å². The Morgan fingerprint density at radius 3 is 2.31 bits per heavy atom. The van der Waals surface area contributed by atoms with Gasteiger partial charge in [0.1, 0.15) is 0 Å². The van der Waals surface area contributed by atoms with Gasteiger partial charge in [-0.2, -0.15) is 0 Å². The molecular formula is C14H20ClN. The smallest absolute Gasteiger partial charge is 0.0461 e. The van der Waals surface area contributed by atoms with Crippen molar-refractivity contribution in [1.29, 1.82) is 0 Å². The van der Waals surface area contributed by atoms with Crippen LogP contribution in [0.1, 0.15) is 48.8 Å². The van der Waals surface area contributed by atoms with Crippen LogP contribution in [0.3, 0.4) is 0 Å². The van der Waals surface area contributed by atoms with Gasteiger partial charge in [0.15, 0.2) is 0 Å². The number of hydrogen-bond donors (Lipinski definition) is 1. The lowest BCUT2D eigenvalue weighted by molar-refractivity contribution is 0.301. The quantitative estimate of drug-likeness (QED) is 0.783. The molecule has 0 heterocycles. The van der Waals surface area contributed by atoms with Crippen LogP contribution in [0, 0.1) is 13.8 Å². The van der Waals surface area contributed by atoms with Crippen molar-refractivity contribution in [2.75, 3.05) is 0 Å². The molecule has 2 rings (SSSR count). The molecule has 88 valence electrons. The number of aryl methyl sites for hydroxylation is 2. The molecule has 0 bridgehead atoms. The van der Waals surface area contributed by atoms with Crippen LogP contribution in [0.4, 0.5) is 0 Å². The molecule has 1 aliphatic rings. The fraction of sp³-hybridized carbons (Fsp3) is 0.571. The summed E-state index contributed by atoms with van der Waals surface area (Å²) < 4.78 is 0. The topological polar surface area (TPSA) is 26.0 Å². The zero-order chi connectivity index (χ0) is 11.8. The fourth-order valence-corrected chi connectivity index (χ4v) is 3.49. The number of benzene rings is 1. The van der Waals surface area contributed by atoms with E-state index in [1.807, 2.05) is 6.07 Å². The van der Waals surface area contributed by atoms with E-state index in [2.05, 4.69) is 19.9 Å². The second-order valence-corrected chi connectivity index (χ2v) is 5.56. The Morgan fingerprint density at radius 1 is 1.12 bits per heavy atom. The van der Waals surface area contributed by atoms with Crippen molar-refractivity contribution in [3.63, 3.8) is 0 Å². The first-order valence-electron chi connectivity index (χ1n) is 6.09. The summed E-state index contributed by atoms with van der Waals surface area (Å²) in [6.45, 7) is 4.20. The van der Waals surface area contributed by atoms with E-state index in [-0.39, 0.29) is 5.54 Å². The van der Waals surface area contributed by atoms with Gasteiger partial charge in [-0.3, -0.25) is 0 Å². The molecule has 1 aromatic rings. The molecular weight excluding hydrogens is 218 g/mol. The van der Waals surface area contributed by atoms with Crippen molar-refractivity contribution in [2.24, 2.45) is 5.73 Å². The highest BCUT2D eigenvalue weighted by molar-refractivity contribution is 6.31. The largest absolute Gasteiger partial charge is 0.321 e. The monoisotopic (exact) mass is 237 g/mol. The molecule has 2 heteroatoms. The van der Waals surface area contributed by atoms with Gasteiger partial charge in [0.25, 0.3) is 0 Å². The number of halogens is 1. The molecule has 0 radical (unpaired) electrons. The van der Waals surface area contributed by atoms with Gasteiger partial charge in [-0.05, 0) is 49.4 Å². The highest BCUT2D eigenvalue weighted by Crippen LogP contribution is 2.40. The lowest BCUT2D eigenvalue weighted by Gasteiger charge is -2.36. The highest BCUT2D eigenvalue weighted by Gasteiger charge is 2.32. The second kappa shape index (κ2) is 4.38. The molecule has 16 heavy (non-hydrogen) atoms. The Bertz CT molecular complexity index is 369. The maximum absolute atomic E-state index is 6.55. The van der Waals surface area contributed by atoms with E-state index in [0.29, 0.717) is 0 Å². The van der Waals surface area contributed by atoms with Crippen molar-refractivity contribution < 1.29 is 0 Å². The van der Waals surface area contributed by atoms with Crippen molar-refractivity contribution >= 4 is 11.6 Å². The molecule has 1 aliphatic carbocycles. The minimum Gasteiger partial charge on any atom is -0.321 e. The summed E-state index contributed by atoms with van der Waals surface area (Å²) in [5, 5.41) is 0.849. The Morgan fingerprint density at radius 2 is 1.75 bits per heavy atom. The van der Waals surface area contributed by atoms with Crippen molar-refractivity contribution in [2.45, 2.75) is 51.5 Å². The fourth-order valence-electron chi connectivity index (χ4n) is 2.98. The molecule has 1 nitrogen and oxygen atoms in total. The Labute approximate surface area is 103 Å². The summed E-state index contributed by atoms with van der Waals surface area (Å²) in [6, 6.07) is 4.22. The molecule has 1 aromatic carbocycles. The van der Waals surface area contributed by atoms with Crippen molar-refractivity contribution in [1.82, 2.24) is 0 Å². The van der Waals surface area contributed by atoms with E-state index < -0.39 is 0 Å². The predicted octanol–water partition coefficient (Wildman–Crippen LogP) is 4.07. The van der Waals surface area contributed by atoms with Gasteiger partial charge in [-0.1, -0.05) is 36.9 Å². The third-order valence-corrected chi connectivity index (χ3v) is 3.97. The lowest BCUT2D eigenvalue weighted by Crippen LogP contribution is -2.39. The first-order chi connectivity index (χ1) is 7.53. The van der Waals surface area contributed by atoms with Crippen LogP contribution >= 0.6 is 11.6 Å². The predicted molar refractivity (Wildman–Crippen MR) is 69.9 cm³/mol. The molecule has 2 N–H and O–H groups in total. The lowest BCUT2D eigenvalue weighted by atomic mass is 9.75. The van der Waals surface area contributed by atoms with Crippen LogP contribution in [-0.2, 0) is 5.54 Å². The maximum Gasteiger partial charge on any atom is 0.0461 e. The molecule has 0 atom stereocenters. The minimum absolute atomic E-state index is 0.187. The maximum atomic E-state index is 6.55. The van der Waals surface area contributed by atoms with Gasteiger partial charge in [0.2, 0.25) is 0 Å². The summed E-state index contributed by atoms with van der Waals surface area (Å²) in [5.74, 6) is 0. The normalized spacial score (nSPS) is 19.8. The molecule has 0 aliphatic heterocycles. The number of rotatable bonds is 1. The highest BCUT2D eigenvalue weighted by atomic mass is 35.5. The summed E-state index contributed by atoms with van der Waals surface area (Å²) in [5.41, 5.74) is 10.00. The van der Waals surface area contributed by atoms with Crippen LogP contribution in [-0.4, -0.2) is 0 Å². The van der Waals surface area contributed by atoms with Gasteiger partial charge < -0.3 is 5.73 Å². The number of hydrogen-bond acceptors (Lipinski definition) is 1. The second-order valence-electron chi connectivity index (χ2n) is 5.16. The van der Waals surface area contributed by atoms with E-state index in [1.165, 1.54) is 36.0 Å². The zero-order valence-electron chi connectivity index (χ0n) is 10.1. The van der Waals surface area contributed by atoms with Crippen molar-refractivity contribution in [3.8, 4) is 0 Å². The third kappa shape index (κ3) is 2.11. The average molecular weight is 238 g/mol. The van der Waals surface area contributed by atoms with Gasteiger partial charge in [0.05, 0.1) is 0 Å². The van der Waals surface area contributed by atoms with Gasteiger partial charge >= 0.3 is 0 Å². The number of nitrogens with two attached hydrogens (primary N) is 1. The van der Waals surface area contributed by atoms with E-state index in [0.717, 1.165) is 17.9 Å². The van der Waals surface area contributed by atoms with E-state index in [4.69, 9.17) is 17.3 Å². The first-order valence-corrected chi connectivity index (χ1v) is 6.47. The molecule has 1 fully saturated rings. The van der Waals surface area contributed by atoms with Crippen LogP contribution in [0.5, 0.6) is 0 Å². The van der Waals surface area contributed by atoms with Crippen LogP contribution < -0.4 is 5.73 Å². The molecule has 0 unspecified atom stereocenters. The Balaban J connectivity index is 2.46. The van der Waals surface area contributed by atoms with E-state index in [1.54, 1.807) is 0 Å². The third-order valence-electron chi connectivity index (χ3n) is 3.68. The minimum atomic E-state index is -0.187. The van der Waals surface area contributed by atoms with E-state index in [9.17, 15) is 0 Å². The standard InChI is InChI=1S/C14H20ClN/c1-10-8-11(2)13(12(15)9-10)14(16)6-4-3-5-7-14/h8-9H,3-7,16H2,1-2H3. The van der Waals surface area contributed by atoms with Gasteiger partial charge in [-0.15, -0.1) is 0 Å². The van der Waals surface area contributed by atoms with E-state index >= 15 is 0 Å². The average Bonchev–Trinajstić information content (AvgIpc) is 2.16. The van der Waals surface area contributed by atoms with Gasteiger partial charge in [-0.25, -0.2) is 0 Å². The van der Waals surface area contributed by atoms with Crippen molar-refractivity contribution in [3.05, 3.63) is 33.8 Å². The van der Waals surface area contributed by atoms with Crippen LogP contribution in [0.15, 0.2) is 12.1 Å². The Kier molecular flexibility index (Phi) is 3.27. The molecule has 0 aromatic heterocycles. The molecule has 0 spiro atoms. The Hall–Kier alpha value is -0.530. The summed E-state index contributed by atoms with van der Waals surface area (Å²) in [4.78, 5) is 0. The van der Waals surface area contributed by atoms with Gasteiger partial charge in [0, 0.05) is 10.6 Å². The molecule has 1 saturated carbocycles. The SMILES string of the molecule is Cc1cc(C)c(C2(N)CCCCC2)c(Cl)c1. The summed E-state index contributed by atoms with van der Waals surface area (Å²) in [7, 11) is 0. The first kappa shape index (κ1) is 11.9. The summed E-state index contributed by atoms with van der Waals surface area (Å²) in [6.07, 6.45) is 5.88.